The fraction of sp³-hybridized carbons (Fsp3) is 0.684. The summed E-state index contributed by atoms with van der Waals surface area (Å²) in [5.41, 5.74) is 1.92. The molecule has 0 spiro atoms. The number of aromatic nitrogens is 1. The number of pyridine rings is 1. The van der Waals surface area contributed by atoms with Gasteiger partial charge in [0.05, 0.1) is 25.9 Å². The molecule has 10 heteroatoms. The minimum atomic E-state index is -3.50. The number of amides is 1. The maximum Gasteiger partial charge on any atom is 0.260 e. The molecule has 1 aromatic heterocycles. The third-order valence-electron chi connectivity index (χ3n) is 5.56. The van der Waals surface area contributed by atoms with Crippen molar-refractivity contribution in [1.29, 1.82) is 0 Å². The van der Waals surface area contributed by atoms with Gasteiger partial charge >= 0.3 is 0 Å². The molecule has 2 atom stereocenters. The number of carbonyl (C=O) groups excluding carboxylic acids is 1. The van der Waals surface area contributed by atoms with Gasteiger partial charge in [0.2, 0.25) is 15.9 Å². The molecule has 1 N–H and O–H groups in total. The van der Waals surface area contributed by atoms with Crippen molar-refractivity contribution in [2.75, 3.05) is 40.1 Å². The van der Waals surface area contributed by atoms with E-state index in [0.717, 1.165) is 11.1 Å². The fourth-order valence-corrected chi connectivity index (χ4v) is 4.99. The molecule has 0 bridgehead atoms. The number of likely N-dealkylation sites (tertiary alicyclic amines) is 1. The second-order valence-corrected chi connectivity index (χ2v) is 9.52. The number of piperidine rings is 1. The highest BCUT2D eigenvalue weighted by Crippen LogP contribution is 2.22. The SMILES string of the molecule is COC[C@H]1[C@@H](NS(=O)(=O)C2COC2)CCCN1C(=O)COc1nccc(C)c1C. The Morgan fingerprint density at radius 3 is 2.79 bits per heavy atom. The topological polar surface area (TPSA) is 107 Å². The zero-order chi connectivity index (χ0) is 21.0. The molecule has 1 amide bonds. The van der Waals surface area contributed by atoms with E-state index < -0.39 is 27.4 Å². The minimum absolute atomic E-state index is 0.159. The van der Waals surface area contributed by atoms with E-state index in [1.807, 2.05) is 19.9 Å². The van der Waals surface area contributed by atoms with Crippen LogP contribution in [0.25, 0.3) is 0 Å². The van der Waals surface area contributed by atoms with Crippen LogP contribution in [-0.4, -0.2) is 81.6 Å². The normalized spacial score (nSPS) is 22.9. The molecule has 162 valence electrons. The van der Waals surface area contributed by atoms with E-state index in [1.54, 1.807) is 18.2 Å². The van der Waals surface area contributed by atoms with Gasteiger partial charge in [0, 0.05) is 31.5 Å². The van der Waals surface area contributed by atoms with Crippen LogP contribution < -0.4 is 9.46 Å². The number of hydrogen-bond donors (Lipinski definition) is 1. The van der Waals surface area contributed by atoms with Crippen LogP contribution in [0.15, 0.2) is 12.3 Å². The first-order chi connectivity index (χ1) is 13.8. The number of sulfonamides is 1. The van der Waals surface area contributed by atoms with E-state index >= 15 is 0 Å². The Morgan fingerprint density at radius 1 is 1.38 bits per heavy atom. The second kappa shape index (κ2) is 9.38. The van der Waals surface area contributed by atoms with Crippen LogP contribution in [0.3, 0.4) is 0 Å². The quantitative estimate of drug-likeness (QED) is 0.640. The van der Waals surface area contributed by atoms with Gasteiger partial charge in [-0.25, -0.2) is 18.1 Å². The number of hydrogen-bond acceptors (Lipinski definition) is 7. The summed E-state index contributed by atoms with van der Waals surface area (Å²) >= 11 is 0. The maximum atomic E-state index is 12.9. The highest BCUT2D eigenvalue weighted by Gasteiger charge is 2.40. The first-order valence-corrected chi connectivity index (χ1v) is 11.3. The number of carbonyl (C=O) groups is 1. The lowest BCUT2D eigenvalue weighted by Gasteiger charge is -2.41. The second-order valence-electron chi connectivity index (χ2n) is 7.53. The van der Waals surface area contributed by atoms with Crippen LogP contribution in [0.4, 0.5) is 0 Å². The lowest BCUT2D eigenvalue weighted by atomic mass is 9.97. The summed E-state index contributed by atoms with van der Waals surface area (Å²) < 4.78 is 43.8. The molecule has 2 aliphatic heterocycles. The molecule has 2 aliphatic rings. The molecular weight excluding hydrogens is 398 g/mol. The third kappa shape index (κ3) is 5.06. The van der Waals surface area contributed by atoms with Crippen LogP contribution in [0.2, 0.25) is 0 Å². The summed E-state index contributed by atoms with van der Waals surface area (Å²) in [4.78, 5) is 18.7. The molecule has 0 aliphatic carbocycles. The van der Waals surface area contributed by atoms with E-state index in [9.17, 15) is 13.2 Å². The number of nitrogens with one attached hydrogen (secondary N) is 1. The molecule has 3 rings (SSSR count). The standard InChI is InChI=1S/C19H29N3O6S/c1-13-6-7-20-19(14(13)2)28-12-18(23)22-8-4-5-16(17(22)11-26-3)21-29(24,25)15-9-27-10-15/h6-7,15-17,21H,4-5,8-12H2,1-3H3/t16-,17-/m0/s1. The van der Waals surface area contributed by atoms with Gasteiger partial charge in [-0.15, -0.1) is 0 Å². The van der Waals surface area contributed by atoms with Crippen molar-refractivity contribution in [2.24, 2.45) is 0 Å². The number of nitrogens with zero attached hydrogens (tertiary/aromatic N) is 2. The van der Waals surface area contributed by atoms with Crippen LogP contribution in [0.1, 0.15) is 24.0 Å². The highest BCUT2D eigenvalue weighted by molar-refractivity contribution is 7.90. The summed E-state index contributed by atoms with van der Waals surface area (Å²) in [6, 6.07) is 1.08. The molecule has 0 radical (unpaired) electrons. The first kappa shape index (κ1) is 21.9. The monoisotopic (exact) mass is 427 g/mol. The average molecular weight is 428 g/mol. The summed E-state index contributed by atoms with van der Waals surface area (Å²) in [6.07, 6.45) is 2.98. The van der Waals surface area contributed by atoms with E-state index in [1.165, 1.54) is 0 Å². The maximum absolute atomic E-state index is 12.9. The van der Waals surface area contributed by atoms with Crippen molar-refractivity contribution < 1.29 is 27.4 Å². The van der Waals surface area contributed by atoms with Crippen molar-refractivity contribution in [3.8, 4) is 5.88 Å². The number of ether oxygens (including phenoxy) is 3. The predicted octanol–water partition coefficient (Wildman–Crippen LogP) is 0.401. The largest absolute Gasteiger partial charge is 0.467 e. The van der Waals surface area contributed by atoms with E-state index in [2.05, 4.69) is 9.71 Å². The highest BCUT2D eigenvalue weighted by atomic mass is 32.2. The molecule has 1 aromatic rings. The van der Waals surface area contributed by atoms with Gasteiger partial charge < -0.3 is 19.1 Å². The first-order valence-electron chi connectivity index (χ1n) is 9.75. The lowest BCUT2D eigenvalue weighted by Crippen LogP contribution is -2.61. The van der Waals surface area contributed by atoms with Crippen molar-refractivity contribution in [3.05, 3.63) is 23.4 Å². The zero-order valence-corrected chi connectivity index (χ0v) is 17.9. The van der Waals surface area contributed by atoms with Crippen LogP contribution >= 0.6 is 0 Å². The molecule has 0 saturated carbocycles. The Bertz CT molecular complexity index is 827. The zero-order valence-electron chi connectivity index (χ0n) is 17.1. The van der Waals surface area contributed by atoms with Crippen molar-refractivity contribution in [3.63, 3.8) is 0 Å². The van der Waals surface area contributed by atoms with Gasteiger partial charge in [0.25, 0.3) is 5.91 Å². The molecular formula is C19H29N3O6S. The van der Waals surface area contributed by atoms with E-state index in [0.29, 0.717) is 25.3 Å². The van der Waals surface area contributed by atoms with Gasteiger partial charge in [0.1, 0.15) is 5.25 Å². The number of methoxy groups -OCH3 is 1. The lowest BCUT2D eigenvalue weighted by molar-refractivity contribution is -0.139. The van der Waals surface area contributed by atoms with Gasteiger partial charge in [-0.3, -0.25) is 4.79 Å². The van der Waals surface area contributed by atoms with Gasteiger partial charge in [-0.1, -0.05) is 0 Å². The van der Waals surface area contributed by atoms with Crippen LogP contribution in [-0.2, 0) is 24.3 Å². The molecule has 9 nitrogen and oxygen atoms in total. The average Bonchev–Trinajstić information content (AvgIpc) is 2.62. The fourth-order valence-electron chi connectivity index (χ4n) is 3.55. The van der Waals surface area contributed by atoms with Crippen LogP contribution in [0, 0.1) is 13.8 Å². The Kier molecular flexibility index (Phi) is 7.10. The van der Waals surface area contributed by atoms with E-state index in [-0.39, 0.29) is 32.3 Å². The number of rotatable bonds is 8. The van der Waals surface area contributed by atoms with Gasteiger partial charge in [0.15, 0.2) is 6.61 Å². The van der Waals surface area contributed by atoms with Gasteiger partial charge in [-0.2, -0.15) is 0 Å². The minimum Gasteiger partial charge on any atom is -0.467 e. The third-order valence-corrected chi connectivity index (χ3v) is 7.34. The van der Waals surface area contributed by atoms with Crippen molar-refractivity contribution >= 4 is 15.9 Å². The molecule has 0 unspecified atom stereocenters. The van der Waals surface area contributed by atoms with E-state index in [4.69, 9.17) is 14.2 Å². The summed E-state index contributed by atoms with van der Waals surface area (Å²) in [5.74, 6) is 0.214. The molecule has 2 saturated heterocycles. The van der Waals surface area contributed by atoms with Crippen molar-refractivity contribution in [2.45, 2.75) is 44.0 Å². The predicted molar refractivity (Wildman–Crippen MR) is 106 cm³/mol. The molecule has 3 heterocycles. The van der Waals surface area contributed by atoms with Gasteiger partial charge in [-0.05, 0) is 38.3 Å². The molecule has 2 fully saturated rings. The van der Waals surface area contributed by atoms with Crippen molar-refractivity contribution in [1.82, 2.24) is 14.6 Å². The molecule has 29 heavy (non-hydrogen) atoms. The molecule has 0 aromatic carbocycles. The Labute approximate surface area is 171 Å². The summed E-state index contributed by atoms with van der Waals surface area (Å²) in [5, 5.41) is -0.532. The Morgan fingerprint density at radius 2 is 2.14 bits per heavy atom. The summed E-state index contributed by atoms with van der Waals surface area (Å²) in [6.45, 7) is 4.86. The smallest absolute Gasteiger partial charge is 0.260 e. The number of aryl methyl sites for hydroxylation is 1. The Balaban J connectivity index is 1.67. The Hall–Kier alpha value is -1.75. The van der Waals surface area contributed by atoms with Crippen LogP contribution in [0.5, 0.6) is 5.88 Å². The summed E-state index contributed by atoms with van der Waals surface area (Å²) in [7, 11) is -1.96.